The van der Waals surface area contributed by atoms with Crippen molar-refractivity contribution in [2.75, 3.05) is 6.54 Å². The summed E-state index contributed by atoms with van der Waals surface area (Å²) in [5.41, 5.74) is 0. The van der Waals surface area contributed by atoms with E-state index in [1.54, 1.807) is 0 Å². The van der Waals surface area contributed by atoms with Crippen LogP contribution in [0.25, 0.3) is 0 Å². The lowest BCUT2D eigenvalue weighted by atomic mass is 10.2. The van der Waals surface area contributed by atoms with Crippen molar-refractivity contribution < 1.29 is 0 Å². The number of hydrogen-bond acceptors (Lipinski definition) is 1. The molecular weight excluding hydrogens is 134 g/mol. The number of nitrogens with zero attached hydrogens (tertiary/aromatic N) is 1. The normalized spacial score (nSPS) is 22.7. The van der Waals surface area contributed by atoms with Crippen LogP contribution < -0.4 is 0 Å². The summed E-state index contributed by atoms with van der Waals surface area (Å²) in [6.45, 7) is 5.66. The minimum absolute atomic E-state index is 0.589. The highest BCUT2D eigenvalue weighted by atomic mass is 15.1. The first-order valence-electron chi connectivity index (χ1n) is 4.45. The molecule has 1 heteroatoms. The Labute approximate surface area is 69.4 Å². The Morgan fingerprint density at radius 3 is 2.82 bits per heavy atom. The highest BCUT2D eigenvalue weighted by Gasteiger charge is 2.06. The van der Waals surface area contributed by atoms with E-state index >= 15 is 0 Å². The van der Waals surface area contributed by atoms with Gasteiger partial charge in [0, 0.05) is 12.6 Å². The molecule has 0 radical (unpaired) electrons. The summed E-state index contributed by atoms with van der Waals surface area (Å²) in [5, 5.41) is 0. The molecule has 62 valence electrons. The molecule has 11 heavy (non-hydrogen) atoms. The molecule has 0 saturated heterocycles. The molecule has 1 atom stereocenters. The molecule has 1 aliphatic heterocycles. The van der Waals surface area contributed by atoms with Gasteiger partial charge in [-0.05, 0) is 25.6 Å². The zero-order valence-electron chi connectivity index (χ0n) is 7.46. The summed E-state index contributed by atoms with van der Waals surface area (Å²) in [6, 6.07) is 0.589. The van der Waals surface area contributed by atoms with Crippen molar-refractivity contribution in [3.63, 3.8) is 0 Å². The number of allylic oxidation sites excluding steroid dienone is 2. The Bertz CT molecular complexity index is 158. The van der Waals surface area contributed by atoms with E-state index in [1.807, 2.05) is 0 Å². The summed E-state index contributed by atoms with van der Waals surface area (Å²) < 4.78 is 0. The van der Waals surface area contributed by atoms with Gasteiger partial charge in [-0.25, -0.2) is 0 Å². The number of hydrogen-bond donors (Lipinski definition) is 0. The van der Waals surface area contributed by atoms with Gasteiger partial charge in [-0.3, -0.25) is 0 Å². The Hall–Kier alpha value is -0.720. The van der Waals surface area contributed by atoms with Crippen molar-refractivity contribution >= 4 is 0 Å². The maximum absolute atomic E-state index is 2.38. The third-order valence-corrected chi connectivity index (χ3v) is 2.07. The fourth-order valence-electron chi connectivity index (χ4n) is 1.25. The van der Waals surface area contributed by atoms with Gasteiger partial charge in [0.1, 0.15) is 0 Å². The Morgan fingerprint density at radius 1 is 1.36 bits per heavy atom. The average molecular weight is 151 g/mol. The van der Waals surface area contributed by atoms with E-state index in [0.29, 0.717) is 6.04 Å². The van der Waals surface area contributed by atoms with Crippen molar-refractivity contribution in [1.82, 2.24) is 4.90 Å². The second-order valence-electron chi connectivity index (χ2n) is 3.06. The quantitative estimate of drug-likeness (QED) is 0.599. The van der Waals surface area contributed by atoms with Gasteiger partial charge in [0.25, 0.3) is 0 Å². The smallest absolute Gasteiger partial charge is 0.0442 e. The number of unbranched alkanes of at least 4 members (excludes halogenated alkanes) is 1. The van der Waals surface area contributed by atoms with E-state index in [4.69, 9.17) is 0 Å². The van der Waals surface area contributed by atoms with Crippen LogP contribution in [0.5, 0.6) is 0 Å². The summed E-state index contributed by atoms with van der Waals surface area (Å²) in [5.74, 6) is 0. The molecule has 0 aromatic rings. The van der Waals surface area contributed by atoms with E-state index in [2.05, 4.69) is 43.2 Å². The molecule has 0 spiro atoms. The third kappa shape index (κ3) is 2.41. The van der Waals surface area contributed by atoms with Crippen LogP contribution in [-0.2, 0) is 0 Å². The van der Waals surface area contributed by atoms with Crippen LogP contribution in [0.3, 0.4) is 0 Å². The molecule has 0 saturated carbocycles. The molecule has 0 amide bonds. The van der Waals surface area contributed by atoms with Crippen LogP contribution in [0, 0.1) is 0 Å². The van der Waals surface area contributed by atoms with Gasteiger partial charge < -0.3 is 4.90 Å². The lowest BCUT2D eigenvalue weighted by Gasteiger charge is -2.27. The van der Waals surface area contributed by atoms with Gasteiger partial charge in [0.05, 0.1) is 0 Å². The van der Waals surface area contributed by atoms with Crippen LogP contribution in [0.2, 0.25) is 0 Å². The Morgan fingerprint density at radius 2 is 2.18 bits per heavy atom. The average Bonchev–Trinajstić information content (AvgIpc) is 2.03. The fraction of sp³-hybridized carbons (Fsp3) is 0.600. The minimum atomic E-state index is 0.589. The molecule has 1 unspecified atom stereocenters. The molecule has 1 aliphatic rings. The lowest BCUT2D eigenvalue weighted by Crippen LogP contribution is -2.28. The standard InChI is InChI=1S/C10H17N/c1-3-4-8-11-9-6-5-7-10(11)2/h5-7,9-10H,3-4,8H2,1-2H3. The summed E-state index contributed by atoms with van der Waals surface area (Å²) in [7, 11) is 0. The van der Waals surface area contributed by atoms with Gasteiger partial charge in [-0.1, -0.05) is 25.5 Å². The summed E-state index contributed by atoms with van der Waals surface area (Å²) in [4.78, 5) is 2.38. The first kappa shape index (κ1) is 8.38. The van der Waals surface area contributed by atoms with Crippen LogP contribution in [0.4, 0.5) is 0 Å². The zero-order valence-corrected chi connectivity index (χ0v) is 7.46. The highest BCUT2D eigenvalue weighted by Crippen LogP contribution is 2.08. The molecule has 1 rings (SSSR count). The monoisotopic (exact) mass is 151 g/mol. The Kier molecular flexibility index (Phi) is 3.21. The van der Waals surface area contributed by atoms with Crippen molar-refractivity contribution in [3.8, 4) is 0 Å². The van der Waals surface area contributed by atoms with Gasteiger partial charge in [0.2, 0.25) is 0 Å². The van der Waals surface area contributed by atoms with Crippen LogP contribution in [0.15, 0.2) is 24.4 Å². The topological polar surface area (TPSA) is 3.24 Å². The van der Waals surface area contributed by atoms with E-state index in [-0.39, 0.29) is 0 Å². The Balaban J connectivity index is 2.33. The van der Waals surface area contributed by atoms with Crippen molar-refractivity contribution in [2.45, 2.75) is 32.7 Å². The second-order valence-corrected chi connectivity index (χ2v) is 3.06. The maximum atomic E-state index is 2.38. The fourth-order valence-corrected chi connectivity index (χ4v) is 1.25. The van der Waals surface area contributed by atoms with Crippen molar-refractivity contribution in [3.05, 3.63) is 24.4 Å². The van der Waals surface area contributed by atoms with Crippen molar-refractivity contribution in [2.24, 2.45) is 0 Å². The molecule has 0 aromatic carbocycles. The maximum Gasteiger partial charge on any atom is 0.0442 e. The second kappa shape index (κ2) is 4.22. The first-order valence-corrected chi connectivity index (χ1v) is 4.45. The molecule has 1 heterocycles. The van der Waals surface area contributed by atoms with Crippen LogP contribution in [0.1, 0.15) is 26.7 Å². The van der Waals surface area contributed by atoms with Gasteiger partial charge in [0.15, 0.2) is 0 Å². The van der Waals surface area contributed by atoms with Crippen LogP contribution in [-0.4, -0.2) is 17.5 Å². The van der Waals surface area contributed by atoms with E-state index in [1.165, 1.54) is 19.4 Å². The van der Waals surface area contributed by atoms with Gasteiger partial charge in [-0.2, -0.15) is 0 Å². The largest absolute Gasteiger partial charge is 0.371 e. The van der Waals surface area contributed by atoms with E-state index < -0.39 is 0 Å². The predicted octanol–water partition coefficient (Wildman–Crippen LogP) is 2.56. The SMILES string of the molecule is CCCCN1C=CC=CC1C. The van der Waals surface area contributed by atoms with E-state index in [9.17, 15) is 0 Å². The number of rotatable bonds is 3. The minimum Gasteiger partial charge on any atom is -0.371 e. The van der Waals surface area contributed by atoms with Gasteiger partial charge in [-0.15, -0.1) is 0 Å². The molecule has 0 N–H and O–H groups in total. The summed E-state index contributed by atoms with van der Waals surface area (Å²) >= 11 is 0. The van der Waals surface area contributed by atoms with Crippen LogP contribution >= 0.6 is 0 Å². The molecule has 1 nitrogen and oxygen atoms in total. The molecule has 0 aromatic heterocycles. The first-order chi connectivity index (χ1) is 5.34. The third-order valence-electron chi connectivity index (χ3n) is 2.07. The molecule has 0 bridgehead atoms. The molecule has 0 aliphatic carbocycles. The molecular formula is C10H17N. The van der Waals surface area contributed by atoms with Gasteiger partial charge >= 0.3 is 0 Å². The van der Waals surface area contributed by atoms with E-state index in [0.717, 1.165) is 0 Å². The van der Waals surface area contributed by atoms with Crippen molar-refractivity contribution in [1.29, 1.82) is 0 Å². The highest BCUT2D eigenvalue weighted by molar-refractivity contribution is 5.11. The molecule has 0 fully saturated rings. The zero-order chi connectivity index (χ0) is 8.10. The summed E-state index contributed by atoms with van der Waals surface area (Å²) in [6.07, 6.45) is 11.2. The lowest BCUT2D eigenvalue weighted by molar-refractivity contribution is 0.326. The predicted molar refractivity (Wildman–Crippen MR) is 49.4 cm³/mol.